The molecule has 0 saturated heterocycles. The molecule has 0 amide bonds. The first-order valence-electron chi connectivity index (χ1n) is 6.72. The van der Waals surface area contributed by atoms with Gasteiger partial charge < -0.3 is 15.7 Å². The summed E-state index contributed by atoms with van der Waals surface area (Å²) >= 11 is 0. The third-order valence-corrected chi connectivity index (χ3v) is 3.50. The first-order chi connectivity index (χ1) is 8.93. The van der Waals surface area contributed by atoms with Crippen LogP contribution in [-0.4, -0.2) is 35.6 Å². The molecule has 0 aliphatic carbocycles. The van der Waals surface area contributed by atoms with E-state index < -0.39 is 5.54 Å². The SMILES string of the molecule is CC(NC(C)(C)CO)C(=O)c1ccc2c(c1)CCN2. The van der Waals surface area contributed by atoms with Gasteiger partial charge in [0.05, 0.1) is 12.6 Å². The number of carbonyl (C=O) groups excluding carboxylic acids is 1. The van der Waals surface area contributed by atoms with Crippen molar-refractivity contribution >= 4 is 11.5 Å². The van der Waals surface area contributed by atoms with Gasteiger partial charge >= 0.3 is 0 Å². The molecule has 1 heterocycles. The number of hydrogen-bond donors (Lipinski definition) is 3. The highest BCUT2D eigenvalue weighted by atomic mass is 16.3. The normalized spacial score (nSPS) is 15.8. The van der Waals surface area contributed by atoms with Gasteiger partial charge in [-0.1, -0.05) is 0 Å². The molecule has 1 aliphatic heterocycles. The maximum atomic E-state index is 12.4. The van der Waals surface area contributed by atoms with E-state index in [-0.39, 0.29) is 18.4 Å². The van der Waals surface area contributed by atoms with E-state index >= 15 is 0 Å². The number of benzene rings is 1. The molecule has 0 fully saturated rings. The smallest absolute Gasteiger partial charge is 0.179 e. The fourth-order valence-electron chi connectivity index (χ4n) is 2.41. The van der Waals surface area contributed by atoms with Gasteiger partial charge in [-0.2, -0.15) is 0 Å². The molecule has 1 aliphatic rings. The standard InChI is InChI=1S/C15H22N2O2/c1-10(17-15(2,3)9-18)14(19)12-4-5-13-11(8-12)6-7-16-13/h4-5,8,10,16-18H,6-7,9H2,1-3H3. The number of Topliss-reactive ketones (excluding diaryl/α,β-unsaturated/α-hetero) is 1. The van der Waals surface area contributed by atoms with E-state index in [1.807, 2.05) is 39.0 Å². The largest absolute Gasteiger partial charge is 0.394 e. The van der Waals surface area contributed by atoms with Gasteiger partial charge in [-0.3, -0.25) is 4.79 Å². The number of carbonyl (C=O) groups is 1. The number of aliphatic hydroxyl groups excluding tert-OH is 1. The van der Waals surface area contributed by atoms with Crippen molar-refractivity contribution in [2.24, 2.45) is 0 Å². The lowest BCUT2D eigenvalue weighted by molar-refractivity contribution is 0.0911. The first kappa shape index (κ1) is 14.0. The highest BCUT2D eigenvalue weighted by molar-refractivity contribution is 6.00. The Kier molecular flexibility index (Phi) is 3.92. The van der Waals surface area contributed by atoms with Gasteiger partial charge in [-0.25, -0.2) is 0 Å². The molecule has 104 valence electrons. The van der Waals surface area contributed by atoms with Crippen LogP contribution >= 0.6 is 0 Å². The van der Waals surface area contributed by atoms with Crippen LogP contribution in [0.3, 0.4) is 0 Å². The van der Waals surface area contributed by atoms with Crippen molar-refractivity contribution in [2.45, 2.75) is 38.8 Å². The zero-order valence-corrected chi connectivity index (χ0v) is 11.8. The summed E-state index contributed by atoms with van der Waals surface area (Å²) in [6.45, 7) is 6.54. The Morgan fingerprint density at radius 2 is 2.26 bits per heavy atom. The summed E-state index contributed by atoms with van der Waals surface area (Å²) in [5, 5.41) is 15.7. The van der Waals surface area contributed by atoms with Crippen molar-refractivity contribution in [3.63, 3.8) is 0 Å². The average Bonchev–Trinajstić information content (AvgIpc) is 2.84. The molecule has 1 unspecified atom stereocenters. The molecule has 0 aromatic heterocycles. The summed E-state index contributed by atoms with van der Waals surface area (Å²) < 4.78 is 0. The second-order valence-corrected chi connectivity index (χ2v) is 5.82. The maximum Gasteiger partial charge on any atom is 0.179 e. The van der Waals surface area contributed by atoms with E-state index in [1.165, 1.54) is 5.56 Å². The Morgan fingerprint density at radius 3 is 2.95 bits per heavy atom. The van der Waals surface area contributed by atoms with Gasteiger partial charge in [0.15, 0.2) is 5.78 Å². The zero-order valence-electron chi connectivity index (χ0n) is 11.8. The Bertz CT molecular complexity index is 483. The van der Waals surface area contributed by atoms with Crippen LogP contribution in [0.4, 0.5) is 5.69 Å². The minimum absolute atomic E-state index is 0.00126. The molecule has 1 atom stereocenters. The molecule has 4 nitrogen and oxygen atoms in total. The Morgan fingerprint density at radius 1 is 1.53 bits per heavy atom. The summed E-state index contributed by atoms with van der Waals surface area (Å²) in [7, 11) is 0. The molecule has 3 N–H and O–H groups in total. The highest BCUT2D eigenvalue weighted by Gasteiger charge is 2.24. The van der Waals surface area contributed by atoms with Gasteiger partial charge in [-0.15, -0.1) is 0 Å². The monoisotopic (exact) mass is 262 g/mol. The van der Waals surface area contributed by atoms with E-state index in [4.69, 9.17) is 0 Å². The second kappa shape index (κ2) is 5.31. The van der Waals surface area contributed by atoms with E-state index in [2.05, 4.69) is 10.6 Å². The predicted octanol–water partition coefficient (Wildman–Crippen LogP) is 1.59. The fourth-order valence-corrected chi connectivity index (χ4v) is 2.41. The van der Waals surface area contributed by atoms with Crippen LogP contribution in [0.5, 0.6) is 0 Å². The first-order valence-corrected chi connectivity index (χ1v) is 6.72. The molecule has 1 aromatic rings. The van der Waals surface area contributed by atoms with Gasteiger partial charge in [0.25, 0.3) is 0 Å². The van der Waals surface area contributed by atoms with Crippen molar-refractivity contribution in [3.05, 3.63) is 29.3 Å². The average molecular weight is 262 g/mol. The summed E-state index contributed by atoms with van der Waals surface area (Å²) in [6.07, 6.45) is 0.973. The number of aliphatic hydroxyl groups is 1. The van der Waals surface area contributed by atoms with Gasteiger partial charge in [0.2, 0.25) is 0 Å². The van der Waals surface area contributed by atoms with Crippen LogP contribution < -0.4 is 10.6 Å². The van der Waals surface area contributed by atoms with Crippen molar-refractivity contribution in [3.8, 4) is 0 Å². The van der Waals surface area contributed by atoms with Crippen molar-refractivity contribution in [1.82, 2.24) is 5.32 Å². The number of anilines is 1. The molecule has 0 saturated carbocycles. The van der Waals surface area contributed by atoms with E-state index in [0.29, 0.717) is 0 Å². The topological polar surface area (TPSA) is 61.4 Å². The molecule has 2 rings (SSSR count). The molecular formula is C15H22N2O2. The summed E-state index contributed by atoms with van der Waals surface area (Å²) in [5.41, 5.74) is 2.62. The quantitative estimate of drug-likeness (QED) is 0.705. The van der Waals surface area contributed by atoms with Crippen molar-refractivity contribution in [2.75, 3.05) is 18.5 Å². The van der Waals surface area contributed by atoms with Crippen LogP contribution in [0.25, 0.3) is 0 Å². The second-order valence-electron chi connectivity index (χ2n) is 5.82. The van der Waals surface area contributed by atoms with Crippen LogP contribution in [0.2, 0.25) is 0 Å². The Balaban J connectivity index is 2.11. The minimum atomic E-state index is -0.451. The van der Waals surface area contributed by atoms with Crippen LogP contribution in [-0.2, 0) is 6.42 Å². The molecule has 19 heavy (non-hydrogen) atoms. The number of fused-ring (bicyclic) bond motifs is 1. The Labute approximate surface area is 114 Å². The van der Waals surface area contributed by atoms with Crippen molar-refractivity contribution < 1.29 is 9.90 Å². The summed E-state index contributed by atoms with van der Waals surface area (Å²) in [5.74, 6) is 0.0659. The molecular weight excluding hydrogens is 240 g/mol. The third-order valence-electron chi connectivity index (χ3n) is 3.50. The van der Waals surface area contributed by atoms with Crippen molar-refractivity contribution in [1.29, 1.82) is 0 Å². The number of rotatable bonds is 5. The van der Waals surface area contributed by atoms with Gasteiger partial charge in [-0.05, 0) is 51.0 Å². The highest BCUT2D eigenvalue weighted by Crippen LogP contribution is 2.23. The minimum Gasteiger partial charge on any atom is -0.394 e. The molecule has 4 heteroatoms. The molecule has 0 bridgehead atoms. The van der Waals surface area contributed by atoms with Crippen LogP contribution in [0.1, 0.15) is 36.7 Å². The summed E-state index contributed by atoms with van der Waals surface area (Å²) in [6, 6.07) is 5.50. The Hall–Kier alpha value is -1.39. The number of hydrogen-bond acceptors (Lipinski definition) is 4. The van der Waals surface area contributed by atoms with Crippen LogP contribution in [0.15, 0.2) is 18.2 Å². The summed E-state index contributed by atoms with van der Waals surface area (Å²) in [4.78, 5) is 12.4. The lowest BCUT2D eigenvalue weighted by Crippen LogP contribution is -2.50. The number of nitrogens with one attached hydrogen (secondary N) is 2. The zero-order chi connectivity index (χ0) is 14.0. The third kappa shape index (κ3) is 3.14. The fraction of sp³-hybridized carbons (Fsp3) is 0.533. The van der Waals surface area contributed by atoms with Gasteiger partial charge in [0.1, 0.15) is 0 Å². The van der Waals surface area contributed by atoms with E-state index in [1.54, 1.807) is 0 Å². The van der Waals surface area contributed by atoms with Crippen LogP contribution in [0, 0.1) is 0 Å². The van der Waals surface area contributed by atoms with Gasteiger partial charge in [0, 0.05) is 23.3 Å². The molecule has 0 radical (unpaired) electrons. The predicted molar refractivity (Wildman–Crippen MR) is 76.7 cm³/mol. The lowest BCUT2D eigenvalue weighted by Gasteiger charge is -2.27. The number of ketones is 1. The molecule has 1 aromatic carbocycles. The molecule has 0 spiro atoms. The van der Waals surface area contributed by atoms with E-state index in [0.717, 1.165) is 24.2 Å². The van der Waals surface area contributed by atoms with E-state index in [9.17, 15) is 9.90 Å². The lowest BCUT2D eigenvalue weighted by atomic mass is 9.99. The maximum absolute atomic E-state index is 12.4.